The van der Waals surface area contributed by atoms with Crippen LogP contribution in [0.2, 0.25) is 5.02 Å². The van der Waals surface area contributed by atoms with Crippen LogP contribution in [-0.2, 0) is 6.42 Å². The van der Waals surface area contributed by atoms with Gasteiger partial charge in [0.1, 0.15) is 0 Å². The van der Waals surface area contributed by atoms with Gasteiger partial charge in [-0.2, -0.15) is 0 Å². The average Bonchev–Trinajstić information content (AvgIpc) is 2.05. The lowest BCUT2D eigenvalue weighted by atomic mass is 9.87. The van der Waals surface area contributed by atoms with Crippen molar-refractivity contribution in [1.82, 2.24) is 0 Å². The zero-order valence-corrected chi connectivity index (χ0v) is 10.4. The fourth-order valence-corrected chi connectivity index (χ4v) is 1.91. The molecule has 1 unspecified atom stereocenters. The summed E-state index contributed by atoms with van der Waals surface area (Å²) < 4.78 is 0. The average molecular weight is 227 g/mol. The second kappa shape index (κ2) is 5.00. The molecule has 2 heteroatoms. The monoisotopic (exact) mass is 226 g/mol. The molecule has 1 aromatic carbocycles. The highest BCUT2D eigenvalue weighted by atomic mass is 35.5. The highest BCUT2D eigenvalue weighted by Crippen LogP contribution is 2.24. The maximum atomic E-state index is 9.90. The fraction of sp³-hybridized carbons (Fsp3) is 0.538. The van der Waals surface area contributed by atoms with Gasteiger partial charge in [0.2, 0.25) is 0 Å². The number of rotatable bonds is 3. The molecule has 15 heavy (non-hydrogen) atoms. The van der Waals surface area contributed by atoms with Crippen LogP contribution in [0.4, 0.5) is 0 Å². The van der Waals surface area contributed by atoms with Gasteiger partial charge in [-0.05, 0) is 29.9 Å². The Kier molecular flexibility index (Phi) is 4.18. The number of hydrogen-bond donors (Lipinski definition) is 1. The van der Waals surface area contributed by atoms with E-state index in [-0.39, 0.29) is 11.5 Å². The lowest BCUT2D eigenvalue weighted by molar-refractivity contribution is 0.121. The minimum Gasteiger partial charge on any atom is -0.393 e. The van der Waals surface area contributed by atoms with Crippen molar-refractivity contribution in [2.24, 2.45) is 5.41 Å². The van der Waals surface area contributed by atoms with Gasteiger partial charge in [0.25, 0.3) is 0 Å². The van der Waals surface area contributed by atoms with Crippen LogP contribution < -0.4 is 0 Å². The Bertz CT molecular complexity index is 315. The fourth-order valence-electron chi connectivity index (χ4n) is 1.70. The largest absolute Gasteiger partial charge is 0.393 e. The van der Waals surface area contributed by atoms with E-state index in [2.05, 4.69) is 20.8 Å². The van der Waals surface area contributed by atoms with E-state index in [0.717, 1.165) is 17.0 Å². The molecule has 0 amide bonds. The van der Waals surface area contributed by atoms with E-state index in [4.69, 9.17) is 11.6 Å². The first kappa shape index (κ1) is 12.5. The van der Waals surface area contributed by atoms with Crippen LogP contribution >= 0.6 is 11.6 Å². The SMILES string of the molecule is CC(C)(C)CC(O)Cc1ccccc1Cl. The summed E-state index contributed by atoms with van der Waals surface area (Å²) in [6.07, 6.45) is 1.11. The number of aliphatic hydroxyl groups excluding tert-OH is 1. The molecule has 0 aliphatic carbocycles. The molecule has 0 fully saturated rings. The van der Waals surface area contributed by atoms with E-state index in [9.17, 15) is 5.11 Å². The number of halogens is 1. The molecule has 1 atom stereocenters. The van der Waals surface area contributed by atoms with E-state index >= 15 is 0 Å². The predicted octanol–water partition coefficient (Wildman–Crippen LogP) is 3.68. The second-order valence-electron chi connectivity index (χ2n) is 5.21. The van der Waals surface area contributed by atoms with Crippen molar-refractivity contribution < 1.29 is 5.11 Å². The smallest absolute Gasteiger partial charge is 0.0586 e. The first-order chi connectivity index (χ1) is 6.88. The Balaban J connectivity index is 2.59. The van der Waals surface area contributed by atoms with Crippen LogP contribution in [0.1, 0.15) is 32.8 Å². The summed E-state index contributed by atoms with van der Waals surface area (Å²) in [5.74, 6) is 0. The van der Waals surface area contributed by atoms with Gasteiger partial charge < -0.3 is 5.11 Å². The number of aliphatic hydroxyl groups is 1. The van der Waals surface area contributed by atoms with Crippen molar-refractivity contribution >= 4 is 11.6 Å². The standard InChI is InChI=1S/C13H19ClO/c1-13(2,3)9-11(15)8-10-6-4-5-7-12(10)14/h4-7,11,15H,8-9H2,1-3H3. The minimum atomic E-state index is -0.315. The molecule has 0 saturated heterocycles. The first-order valence-electron chi connectivity index (χ1n) is 5.30. The number of benzene rings is 1. The van der Waals surface area contributed by atoms with E-state index < -0.39 is 0 Å². The molecule has 1 nitrogen and oxygen atoms in total. The van der Waals surface area contributed by atoms with Crippen LogP contribution in [0.5, 0.6) is 0 Å². The van der Waals surface area contributed by atoms with E-state index in [1.165, 1.54) is 0 Å². The van der Waals surface area contributed by atoms with Gasteiger partial charge in [-0.25, -0.2) is 0 Å². The first-order valence-corrected chi connectivity index (χ1v) is 5.68. The molecule has 84 valence electrons. The summed E-state index contributed by atoms with van der Waals surface area (Å²) in [5.41, 5.74) is 1.18. The van der Waals surface area contributed by atoms with Gasteiger partial charge in [0.15, 0.2) is 0 Å². The topological polar surface area (TPSA) is 20.2 Å². The van der Waals surface area contributed by atoms with Gasteiger partial charge in [-0.1, -0.05) is 50.6 Å². The highest BCUT2D eigenvalue weighted by molar-refractivity contribution is 6.31. The molecule has 1 N–H and O–H groups in total. The quantitative estimate of drug-likeness (QED) is 0.834. The van der Waals surface area contributed by atoms with Gasteiger partial charge >= 0.3 is 0 Å². The normalized spacial score (nSPS) is 13.9. The molecule has 0 aromatic heterocycles. The Labute approximate surface area is 97.1 Å². The molecule has 1 aromatic rings. The van der Waals surface area contributed by atoms with E-state index in [1.54, 1.807) is 0 Å². The summed E-state index contributed by atoms with van der Waals surface area (Å²) in [6, 6.07) is 7.68. The zero-order valence-electron chi connectivity index (χ0n) is 9.63. The third-order valence-electron chi connectivity index (χ3n) is 2.26. The molecule has 0 heterocycles. The van der Waals surface area contributed by atoms with Crippen LogP contribution in [0, 0.1) is 5.41 Å². The summed E-state index contributed by atoms with van der Waals surface area (Å²) >= 11 is 6.03. The van der Waals surface area contributed by atoms with Gasteiger partial charge in [0.05, 0.1) is 6.10 Å². The summed E-state index contributed by atoms with van der Waals surface area (Å²) in [4.78, 5) is 0. The summed E-state index contributed by atoms with van der Waals surface area (Å²) in [7, 11) is 0. The molecule has 0 spiro atoms. The van der Waals surface area contributed by atoms with Gasteiger partial charge in [-0.3, -0.25) is 0 Å². The number of hydrogen-bond acceptors (Lipinski definition) is 1. The third-order valence-corrected chi connectivity index (χ3v) is 2.63. The predicted molar refractivity (Wildman–Crippen MR) is 65.2 cm³/mol. The molecule has 0 radical (unpaired) electrons. The summed E-state index contributed by atoms with van der Waals surface area (Å²) in [5, 5.41) is 10.6. The molecule has 0 aliphatic heterocycles. The van der Waals surface area contributed by atoms with Crippen LogP contribution in [0.25, 0.3) is 0 Å². The van der Waals surface area contributed by atoms with Crippen molar-refractivity contribution in [3.8, 4) is 0 Å². The molecule has 0 bridgehead atoms. The molecular formula is C13H19ClO. The zero-order chi connectivity index (χ0) is 11.5. The second-order valence-corrected chi connectivity index (χ2v) is 5.62. The Morgan fingerprint density at radius 2 is 1.87 bits per heavy atom. The van der Waals surface area contributed by atoms with Crippen LogP contribution in [0.3, 0.4) is 0 Å². The van der Waals surface area contributed by atoms with E-state index in [0.29, 0.717) is 6.42 Å². The van der Waals surface area contributed by atoms with Crippen molar-refractivity contribution in [3.63, 3.8) is 0 Å². The van der Waals surface area contributed by atoms with Crippen LogP contribution in [-0.4, -0.2) is 11.2 Å². The van der Waals surface area contributed by atoms with Crippen molar-refractivity contribution in [2.75, 3.05) is 0 Å². The third kappa shape index (κ3) is 4.67. The van der Waals surface area contributed by atoms with Crippen molar-refractivity contribution in [3.05, 3.63) is 34.9 Å². The Morgan fingerprint density at radius 1 is 1.27 bits per heavy atom. The molecule has 0 saturated carbocycles. The minimum absolute atomic E-state index is 0.153. The Hall–Kier alpha value is -0.530. The maximum absolute atomic E-state index is 9.90. The molecule has 1 rings (SSSR count). The van der Waals surface area contributed by atoms with Gasteiger partial charge in [-0.15, -0.1) is 0 Å². The van der Waals surface area contributed by atoms with Crippen molar-refractivity contribution in [1.29, 1.82) is 0 Å². The molecule has 0 aliphatic rings. The lowest BCUT2D eigenvalue weighted by Gasteiger charge is -2.22. The Morgan fingerprint density at radius 3 is 2.40 bits per heavy atom. The van der Waals surface area contributed by atoms with E-state index in [1.807, 2.05) is 24.3 Å². The lowest BCUT2D eigenvalue weighted by Crippen LogP contribution is -2.19. The maximum Gasteiger partial charge on any atom is 0.0586 e. The highest BCUT2D eigenvalue weighted by Gasteiger charge is 2.17. The molecular weight excluding hydrogens is 208 g/mol. The van der Waals surface area contributed by atoms with Gasteiger partial charge in [0, 0.05) is 5.02 Å². The van der Waals surface area contributed by atoms with Crippen molar-refractivity contribution in [2.45, 2.75) is 39.7 Å². The summed E-state index contributed by atoms with van der Waals surface area (Å²) in [6.45, 7) is 6.38. The van der Waals surface area contributed by atoms with Crippen LogP contribution in [0.15, 0.2) is 24.3 Å².